The predicted octanol–water partition coefficient (Wildman–Crippen LogP) is -2.08. The summed E-state index contributed by atoms with van der Waals surface area (Å²) in [4.78, 5) is 3.61. The molecule has 0 unspecified atom stereocenters. The standard InChI is InChI=1S/C16H25N3/c1-3-18-7-9-19(10-8-18)15-12-17-11-14-6-4-5-13(2)16(14)15/h4-6,15,17H,3,7-12H2,1-2H3/p+3/t15-/m0/s1. The Morgan fingerprint density at radius 1 is 1.21 bits per heavy atom. The van der Waals surface area contributed by atoms with Crippen LogP contribution in [0.3, 0.4) is 0 Å². The van der Waals surface area contributed by atoms with E-state index < -0.39 is 0 Å². The van der Waals surface area contributed by atoms with Crippen LogP contribution in [0.1, 0.15) is 29.7 Å². The first kappa shape index (κ1) is 13.1. The van der Waals surface area contributed by atoms with Gasteiger partial charge in [0, 0.05) is 11.1 Å². The van der Waals surface area contributed by atoms with E-state index in [4.69, 9.17) is 0 Å². The Hall–Kier alpha value is -0.900. The summed E-state index contributed by atoms with van der Waals surface area (Å²) in [5.74, 6) is 0. The zero-order valence-corrected chi connectivity index (χ0v) is 12.3. The van der Waals surface area contributed by atoms with Gasteiger partial charge < -0.3 is 15.1 Å². The second-order valence-corrected chi connectivity index (χ2v) is 6.19. The Morgan fingerprint density at radius 2 is 2.00 bits per heavy atom. The highest BCUT2D eigenvalue weighted by atomic mass is 15.3. The van der Waals surface area contributed by atoms with Crippen molar-refractivity contribution in [3.05, 3.63) is 34.9 Å². The summed E-state index contributed by atoms with van der Waals surface area (Å²) >= 11 is 0. The van der Waals surface area contributed by atoms with Gasteiger partial charge in [-0.05, 0) is 19.4 Å². The third kappa shape index (κ3) is 2.55. The number of fused-ring (bicyclic) bond motifs is 1. The Balaban J connectivity index is 1.80. The number of quaternary nitrogens is 3. The molecule has 1 aromatic rings. The van der Waals surface area contributed by atoms with Gasteiger partial charge in [0.25, 0.3) is 0 Å². The van der Waals surface area contributed by atoms with E-state index in [2.05, 4.69) is 37.4 Å². The molecule has 3 nitrogen and oxygen atoms in total. The highest BCUT2D eigenvalue weighted by Gasteiger charge is 2.35. The summed E-state index contributed by atoms with van der Waals surface area (Å²) in [6, 6.07) is 7.57. The Morgan fingerprint density at radius 3 is 2.74 bits per heavy atom. The second-order valence-electron chi connectivity index (χ2n) is 6.19. The Labute approximate surface area is 116 Å². The highest BCUT2D eigenvalue weighted by molar-refractivity contribution is 5.36. The minimum Gasteiger partial charge on any atom is -0.337 e. The van der Waals surface area contributed by atoms with Crippen molar-refractivity contribution in [2.75, 3.05) is 39.3 Å². The summed E-state index contributed by atoms with van der Waals surface area (Å²) in [7, 11) is 0. The largest absolute Gasteiger partial charge is 0.337 e. The summed E-state index contributed by atoms with van der Waals surface area (Å²) in [5.41, 5.74) is 4.75. The van der Waals surface area contributed by atoms with Gasteiger partial charge in [0.05, 0.1) is 6.54 Å². The SMILES string of the molecule is CC[NH+]1CC[NH+]([C@H]2C[NH2+]Cc3cccc(C)c32)CC1. The van der Waals surface area contributed by atoms with E-state index >= 15 is 0 Å². The Bertz CT molecular complexity index is 436. The topological polar surface area (TPSA) is 25.5 Å². The molecule has 2 heterocycles. The number of nitrogens with one attached hydrogen (secondary N) is 2. The molecule has 104 valence electrons. The van der Waals surface area contributed by atoms with Crippen LogP contribution >= 0.6 is 0 Å². The summed E-state index contributed by atoms with van der Waals surface area (Å²) in [6.07, 6.45) is 0. The summed E-state index contributed by atoms with van der Waals surface area (Å²) in [6.45, 7) is 13.7. The van der Waals surface area contributed by atoms with Crippen molar-refractivity contribution in [3.8, 4) is 0 Å². The van der Waals surface area contributed by atoms with Gasteiger partial charge in [-0.2, -0.15) is 0 Å². The minimum atomic E-state index is 0.725. The number of aryl methyl sites for hydroxylation is 1. The number of hydrogen-bond acceptors (Lipinski definition) is 0. The average Bonchev–Trinajstić information content (AvgIpc) is 2.47. The van der Waals surface area contributed by atoms with Crippen molar-refractivity contribution in [2.24, 2.45) is 0 Å². The van der Waals surface area contributed by atoms with Crippen molar-refractivity contribution >= 4 is 0 Å². The van der Waals surface area contributed by atoms with Gasteiger partial charge in [0.15, 0.2) is 6.04 Å². The number of likely N-dealkylation sites (N-methyl/N-ethyl adjacent to an activating group) is 1. The number of hydrogen-bond donors (Lipinski definition) is 3. The van der Waals surface area contributed by atoms with E-state index in [-0.39, 0.29) is 0 Å². The molecule has 0 radical (unpaired) electrons. The molecule has 0 aliphatic carbocycles. The number of rotatable bonds is 2. The van der Waals surface area contributed by atoms with Gasteiger partial charge in [-0.25, -0.2) is 0 Å². The minimum absolute atomic E-state index is 0.725. The molecule has 3 rings (SSSR count). The lowest BCUT2D eigenvalue weighted by Gasteiger charge is -2.36. The van der Waals surface area contributed by atoms with Gasteiger partial charge in [-0.3, -0.25) is 0 Å². The van der Waals surface area contributed by atoms with Gasteiger partial charge in [0.1, 0.15) is 39.3 Å². The molecule has 1 aromatic carbocycles. The predicted molar refractivity (Wildman–Crippen MR) is 76.4 cm³/mol. The lowest BCUT2D eigenvalue weighted by molar-refractivity contribution is -1.03. The molecule has 1 atom stereocenters. The average molecular weight is 262 g/mol. The molecule has 0 amide bonds. The van der Waals surface area contributed by atoms with Crippen LogP contribution in [0.2, 0.25) is 0 Å². The smallest absolute Gasteiger partial charge is 0.164 e. The van der Waals surface area contributed by atoms with Gasteiger partial charge in [0.2, 0.25) is 0 Å². The first-order valence-electron chi connectivity index (χ1n) is 7.87. The molecule has 2 aliphatic heterocycles. The third-order valence-electron chi connectivity index (χ3n) is 5.12. The molecule has 0 bridgehead atoms. The van der Waals surface area contributed by atoms with Crippen LogP contribution in [-0.4, -0.2) is 39.3 Å². The van der Waals surface area contributed by atoms with E-state index in [0.717, 1.165) is 6.04 Å². The van der Waals surface area contributed by atoms with Crippen LogP contribution in [0.15, 0.2) is 18.2 Å². The first-order valence-corrected chi connectivity index (χ1v) is 7.87. The third-order valence-corrected chi connectivity index (χ3v) is 5.12. The lowest BCUT2D eigenvalue weighted by atomic mass is 9.91. The van der Waals surface area contributed by atoms with E-state index in [0.29, 0.717) is 0 Å². The quantitative estimate of drug-likeness (QED) is 0.545. The van der Waals surface area contributed by atoms with Gasteiger partial charge in [-0.1, -0.05) is 18.2 Å². The van der Waals surface area contributed by atoms with Crippen LogP contribution in [0, 0.1) is 6.92 Å². The van der Waals surface area contributed by atoms with Crippen LogP contribution in [-0.2, 0) is 6.54 Å². The molecule has 0 aromatic heterocycles. The molecular formula is C16H28N3+3. The maximum Gasteiger partial charge on any atom is 0.164 e. The molecule has 1 saturated heterocycles. The second kappa shape index (κ2) is 5.61. The maximum absolute atomic E-state index is 2.50. The lowest BCUT2D eigenvalue weighted by Crippen LogP contribution is -3.28. The fourth-order valence-corrected chi connectivity index (χ4v) is 3.94. The molecule has 2 aliphatic rings. The molecular weight excluding hydrogens is 234 g/mol. The van der Waals surface area contributed by atoms with E-state index in [1.54, 1.807) is 16.0 Å². The van der Waals surface area contributed by atoms with Crippen LogP contribution < -0.4 is 15.1 Å². The maximum atomic E-state index is 2.50. The molecule has 0 spiro atoms. The van der Waals surface area contributed by atoms with Crippen molar-refractivity contribution in [1.29, 1.82) is 0 Å². The summed E-state index contributed by atoms with van der Waals surface area (Å²) < 4.78 is 0. The van der Waals surface area contributed by atoms with E-state index in [9.17, 15) is 0 Å². The molecule has 3 heteroatoms. The molecule has 19 heavy (non-hydrogen) atoms. The normalized spacial score (nSPS) is 30.9. The van der Waals surface area contributed by atoms with Gasteiger partial charge in [-0.15, -0.1) is 0 Å². The monoisotopic (exact) mass is 262 g/mol. The van der Waals surface area contributed by atoms with Gasteiger partial charge >= 0.3 is 0 Å². The first-order chi connectivity index (χ1) is 9.29. The fourth-order valence-electron chi connectivity index (χ4n) is 3.94. The summed E-state index contributed by atoms with van der Waals surface area (Å²) in [5, 5.41) is 2.50. The number of nitrogens with two attached hydrogens (primary N) is 1. The molecule has 4 N–H and O–H groups in total. The zero-order chi connectivity index (χ0) is 13.2. The van der Waals surface area contributed by atoms with Crippen molar-refractivity contribution in [2.45, 2.75) is 26.4 Å². The van der Waals surface area contributed by atoms with E-state index in [1.165, 1.54) is 51.4 Å². The van der Waals surface area contributed by atoms with Crippen LogP contribution in [0.25, 0.3) is 0 Å². The molecule has 0 saturated carbocycles. The van der Waals surface area contributed by atoms with Crippen molar-refractivity contribution in [3.63, 3.8) is 0 Å². The highest BCUT2D eigenvalue weighted by Crippen LogP contribution is 2.21. The Kier molecular flexibility index (Phi) is 3.87. The van der Waals surface area contributed by atoms with Crippen LogP contribution in [0.5, 0.6) is 0 Å². The fraction of sp³-hybridized carbons (Fsp3) is 0.625. The van der Waals surface area contributed by atoms with Crippen molar-refractivity contribution < 1.29 is 15.1 Å². The van der Waals surface area contributed by atoms with Crippen molar-refractivity contribution in [1.82, 2.24) is 0 Å². The zero-order valence-electron chi connectivity index (χ0n) is 12.3. The van der Waals surface area contributed by atoms with Crippen LogP contribution in [0.4, 0.5) is 0 Å². The van der Waals surface area contributed by atoms with E-state index in [1.807, 2.05) is 4.90 Å². The molecule has 1 fully saturated rings. The number of piperazine rings is 1. The number of benzene rings is 1.